The average Bonchev–Trinajstić information content (AvgIpc) is 2.85. The molecule has 4 rings (SSSR count). The molecular weight excluding hydrogens is 496 g/mol. The molecule has 0 radical (unpaired) electrons. The fourth-order valence-corrected chi connectivity index (χ4v) is 5.65. The minimum absolute atomic E-state index is 0.0267. The van der Waals surface area contributed by atoms with Gasteiger partial charge in [-0.05, 0) is 73.7 Å². The van der Waals surface area contributed by atoms with Gasteiger partial charge in [0.15, 0.2) is 5.75 Å². The van der Waals surface area contributed by atoms with E-state index in [1.54, 1.807) is 49.4 Å². The lowest BCUT2D eigenvalue weighted by Gasteiger charge is -2.16. The zero-order chi connectivity index (χ0) is 25.8. The highest BCUT2D eigenvalue weighted by Gasteiger charge is 2.23. The van der Waals surface area contributed by atoms with Crippen LogP contribution in [0.1, 0.15) is 23.1 Å². The van der Waals surface area contributed by atoms with Gasteiger partial charge in [-0.2, -0.15) is 16.8 Å². The fourth-order valence-electron chi connectivity index (χ4n) is 3.99. The Kier molecular flexibility index (Phi) is 7.59. The second-order valence-electron chi connectivity index (χ2n) is 8.49. The van der Waals surface area contributed by atoms with Crippen LogP contribution in [0, 0.1) is 6.92 Å². The molecule has 8 heteroatoms. The Bertz CT molecular complexity index is 1560. The van der Waals surface area contributed by atoms with Crippen molar-refractivity contribution >= 4 is 20.2 Å². The number of benzene rings is 4. The van der Waals surface area contributed by atoms with Gasteiger partial charge in [0.1, 0.15) is 9.79 Å². The first kappa shape index (κ1) is 25.6. The maximum atomic E-state index is 12.9. The molecule has 0 saturated heterocycles. The number of hydrogen-bond donors (Lipinski definition) is 1. The quantitative estimate of drug-likeness (QED) is 0.219. The summed E-state index contributed by atoms with van der Waals surface area (Å²) in [5, 5.41) is 0. The molecule has 0 unspecified atom stereocenters. The summed E-state index contributed by atoms with van der Waals surface area (Å²) >= 11 is 0. The van der Waals surface area contributed by atoms with E-state index >= 15 is 0 Å². The van der Waals surface area contributed by atoms with Gasteiger partial charge in [-0.3, -0.25) is 4.55 Å². The van der Waals surface area contributed by atoms with Crippen molar-refractivity contribution in [2.75, 3.05) is 0 Å². The maximum Gasteiger partial charge on any atom is 0.339 e. The fraction of sp³-hybridized carbons (Fsp3) is 0.143. The van der Waals surface area contributed by atoms with E-state index in [0.29, 0.717) is 6.42 Å². The predicted molar refractivity (Wildman–Crippen MR) is 139 cm³/mol. The summed E-state index contributed by atoms with van der Waals surface area (Å²) in [6.45, 7) is 1.80. The molecule has 0 aliphatic heterocycles. The highest BCUT2D eigenvalue weighted by molar-refractivity contribution is 7.87. The SMILES string of the molecule is Cc1ccc(OS(=O)(=O)c2ccccc2)c(-c2cc(CCCc3ccccc3)ccc2S(=O)(=O)O)c1. The molecule has 6 nitrogen and oxygen atoms in total. The topological polar surface area (TPSA) is 97.7 Å². The molecular formula is C28H26O6S2. The lowest BCUT2D eigenvalue weighted by atomic mass is 9.97. The van der Waals surface area contributed by atoms with Crippen LogP contribution in [0.25, 0.3) is 11.1 Å². The second-order valence-corrected chi connectivity index (χ2v) is 11.4. The van der Waals surface area contributed by atoms with Crippen LogP contribution >= 0.6 is 0 Å². The Morgan fingerprint density at radius 2 is 1.33 bits per heavy atom. The summed E-state index contributed by atoms with van der Waals surface area (Å²) in [5.41, 5.74) is 3.26. The van der Waals surface area contributed by atoms with Gasteiger partial charge < -0.3 is 4.18 Å². The first-order valence-corrected chi connectivity index (χ1v) is 14.2. The Labute approximate surface area is 212 Å². The largest absolute Gasteiger partial charge is 0.378 e. The van der Waals surface area contributed by atoms with Crippen molar-refractivity contribution in [1.29, 1.82) is 0 Å². The summed E-state index contributed by atoms with van der Waals surface area (Å²) in [4.78, 5) is -0.344. The van der Waals surface area contributed by atoms with E-state index in [-0.39, 0.29) is 26.7 Å². The molecule has 0 heterocycles. The highest BCUT2D eigenvalue weighted by Crippen LogP contribution is 2.37. The Morgan fingerprint density at radius 3 is 2.00 bits per heavy atom. The smallest absolute Gasteiger partial charge is 0.339 e. The minimum Gasteiger partial charge on any atom is -0.378 e. The second kappa shape index (κ2) is 10.7. The molecule has 0 aliphatic carbocycles. The molecule has 186 valence electrons. The van der Waals surface area contributed by atoms with Crippen LogP contribution in [0.2, 0.25) is 0 Å². The monoisotopic (exact) mass is 522 g/mol. The lowest BCUT2D eigenvalue weighted by Crippen LogP contribution is -2.11. The van der Waals surface area contributed by atoms with E-state index in [2.05, 4.69) is 12.1 Å². The third kappa shape index (κ3) is 6.20. The molecule has 0 aromatic heterocycles. The third-order valence-electron chi connectivity index (χ3n) is 5.75. The molecule has 4 aromatic carbocycles. The molecule has 0 saturated carbocycles. The Hall–Kier alpha value is -3.46. The number of hydrogen-bond acceptors (Lipinski definition) is 5. The molecule has 0 amide bonds. The lowest BCUT2D eigenvalue weighted by molar-refractivity contribution is 0.483. The van der Waals surface area contributed by atoms with Crippen LogP contribution in [0.15, 0.2) is 107 Å². The molecule has 0 spiro atoms. The predicted octanol–water partition coefficient (Wildman–Crippen LogP) is 5.85. The summed E-state index contributed by atoms with van der Waals surface area (Å²) < 4.78 is 65.7. The van der Waals surface area contributed by atoms with Crippen LogP contribution in [-0.2, 0) is 33.1 Å². The van der Waals surface area contributed by atoms with Crippen molar-refractivity contribution in [2.24, 2.45) is 0 Å². The van der Waals surface area contributed by atoms with Gasteiger partial charge >= 0.3 is 10.1 Å². The zero-order valence-electron chi connectivity index (χ0n) is 19.7. The Balaban J connectivity index is 1.73. The summed E-state index contributed by atoms with van der Waals surface area (Å²) in [7, 11) is -8.76. The zero-order valence-corrected chi connectivity index (χ0v) is 21.3. The van der Waals surface area contributed by atoms with Gasteiger partial charge in [0.2, 0.25) is 0 Å². The highest BCUT2D eigenvalue weighted by atomic mass is 32.2. The van der Waals surface area contributed by atoms with Gasteiger partial charge in [0, 0.05) is 11.1 Å². The van der Waals surface area contributed by atoms with Crippen molar-refractivity contribution in [3.63, 3.8) is 0 Å². The van der Waals surface area contributed by atoms with Crippen molar-refractivity contribution in [2.45, 2.75) is 36.0 Å². The van der Waals surface area contributed by atoms with Gasteiger partial charge in [-0.25, -0.2) is 0 Å². The van der Waals surface area contributed by atoms with E-state index in [1.807, 2.05) is 18.2 Å². The van der Waals surface area contributed by atoms with Crippen LogP contribution in [-0.4, -0.2) is 21.4 Å². The van der Waals surface area contributed by atoms with Crippen molar-refractivity contribution in [1.82, 2.24) is 0 Å². The molecule has 0 fully saturated rings. The van der Waals surface area contributed by atoms with Gasteiger partial charge in [0.25, 0.3) is 10.1 Å². The summed E-state index contributed by atoms with van der Waals surface area (Å²) in [6.07, 6.45) is 2.34. The van der Waals surface area contributed by atoms with E-state index in [0.717, 1.165) is 24.0 Å². The van der Waals surface area contributed by atoms with E-state index in [4.69, 9.17) is 4.18 Å². The molecule has 1 N–H and O–H groups in total. The van der Waals surface area contributed by atoms with E-state index < -0.39 is 20.2 Å². The van der Waals surface area contributed by atoms with Crippen molar-refractivity contribution in [3.8, 4) is 16.9 Å². The Morgan fingerprint density at radius 1 is 0.694 bits per heavy atom. The van der Waals surface area contributed by atoms with Gasteiger partial charge in [-0.15, -0.1) is 0 Å². The molecule has 36 heavy (non-hydrogen) atoms. The van der Waals surface area contributed by atoms with Crippen molar-refractivity contribution < 1.29 is 25.6 Å². The van der Waals surface area contributed by atoms with E-state index in [1.165, 1.54) is 29.8 Å². The molecule has 0 bridgehead atoms. The standard InChI is InChI=1S/C28H26O6S2/c1-21-15-17-27(34-36(32,33)24-13-6-3-7-14-24)25(19-21)26-20-23(16-18-28(26)35(29,30)31)12-8-11-22-9-4-2-5-10-22/h2-7,9-10,13-20H,8,11-12H2,1H3,(H,29,30,31). The van der Waals surface area contributed by atoms with Crippen LogP contribution in [0.5, 0.6) is 5.75 Å². The number of aryl methyl sites for hydroxylation is 3. The molecule has 0 aliphatic rings. The molecule has 4 aromatic rings. The van der Waals surface area contributed by atoms with Gasteiger partial charge in [-0.1, -0.05) is 66.2 Å². The maximum absolute atomic E-state index is 12.9. The normalized spacial score (nSPS) is 11.8. The summed E-state index contributed by atoms with van der Waals surface area (Å²) in [5.74, 6) is -0.0317. The van der Waals surface area contributed by atoms with Crippen LogP contribution in [0.3, 0.4) is 0 Å². The van der Waals surface area contributed by atoms with Gasteiger partial charge in [0.05, 0.1) is 0 Å². The third-order valence-corrected chi connectivity index (χ3v) is 7.91. The van der Waals surface area contributed by atoms with Crippen LogP contribution < -0.4 is 4.18 Å². The van der Waals surface area contributed by atoms with E-state index in [9.17, 15) is 21.4 Å². The molecule has 0 atom stereocenters. The number of rotatable bonds is 9. The first-order chi connectivity index (χ1) is 17.1. The minimum atomic E-state index is -4.59. The first-order valence-electron chi connectivity index (χ1n) is 11.4. The van der Waals surface area contributed by atoms with Crippen molar-refractivity contribution in [3.05, 3.63) is 114 Å². The summed E-state index contributed by atoms with van der Waals surface area (Å²) in [6, 6.07) is 27.2. The van der Waals surface area contributed by atoms with Crippen LogP contribution in [0.4, 0.5) is 0 Å². The average molecular weight is 523 g/mol.